The normalized spacial score (nSPS) is 15.2. The quantitative estimate of drug-likeness (QED) is 0.710. The zero-order valence-electron chi connectivity index (χ0n) is 8.23. The van der Waals surface area contributed by atoms with E-state index in [9.17, 15) is 9.59 Å². The lowest BCUT2D eigenvalue weighted by Gasteiger charge is -2.19. The summed E-state index contributed by atoms with van der Waals surface area (Å²) in [6, 6.07) is 0. The van der Waals surface area contributed by atoms with Gasteiger partial charge in [0, 0.05) is 6.54 Å². The van der Waals surface area contributed by atoms with Gasteiger partial charge in [-0.15, -0.1) is 0 Å². The summed E-state index contributed by atoms with van der Waals surface area (Å²) in [4.78, 5) is 23.5. The molecule has 1 fully saturated rings. The van der Waals surface area contributed by atoms with Gasteiger partial charge in [0.15, 0.2) is 0 Å². The van der Waals surface area contributed by atoms with Crippen LogP contribution in [0.1, 0.15) is 12.8 Å². The fourth-order valence-electron chi connectivity index (χ4n) is 1.24. The van der Waals surface area contributed by atoms with Crippen LogP contribution in [-0.2, 0) is 9.59 Å². The summed E-state index contributed by atoms with van der Waals surface area (Å²) in [6.07, 6.45) is 4.10. The number of aliphatic carboxylic acids is 1. The first kappa shape index (κ1) is 11.4. The highest BCUT2D eigenvalue weighted by molar-refractivity contribution is 7.99. The van der Waals surface area contributed by atoms with Crippen molar-refractivity contribution in [3.05, 3.63) is 0 Å². The third kappa shape index (κ3) is 4.00. The van der Waals surface area contributed by atoms with E-state index in [-0.39, 0.29) is 12.5 Å². The molecule has 0 aromatic carbocycles. The van der Waals surface area contributed by atoms with Crippen LogP contribution in [0, 0.1) is 5.92 Å². The lowest BCUT2D eigenvalue weighted by atomic mass is 10.3. The SMILES string of the molecule is CSCC(=O)N(CC(=O)O)CC1CC1. The molecule has 0 atom stereocenters. The Morgan fingerprint density at radius 2 is 2.14 bits per heavy atom. The van der Waals surface area contributed by atoms with Crippen LogP contribution < -0.4 is 0 Å². The molecule has 14 heavy (non-hydrogen) atoms. The Balaban J connectivity index is 2.41. The van der Waals surface area contributed by atoms with Crippen molar-refractivity contribution in [2.45, 2.75) is 12.8 Å². The second-order valence-corrected chi connectivity index (χ2v) is 4.41. The predicted molar refractivity (Wildman–Crippen MR) is 55.3 cm³/mol. The van der Waals surface area contributed by atoms with Gasteiger partial charge in [0.25, 0.3) is 0 Å². The lowest BCUT2D eigenvalue weighted by Crippen LogP contribution is -2.38. The van der Waals surface area contributed by atoms with Crippen LogP contribution in [0.3, 0.4) is 0 Å². The molecule has 1 aliphatic rings. The highest BCUT2D eigenvalue weighted by atomic mass is 32.2. The van der Waals surface area contributed by atoms with Crippen LogP contribution in [0.25, 0.3) is 0 Å². The Hall–Kier alpha value is -0.710. The van der Waals surface area contributed by atoms with Gasteiger partial charge in [-0.05, 0) is 25.0 Å². The number of carboxylic acid groups (broad SMARTS) is 1. The number of thioether (sulfide) groups is 1. The molecule has 1 rings (SSSR count). The van der Waals surface area contributed by atoms with E-state index in [0.29, 0.717) is 18.2 Å². The van der Waals surface area contributed by atoms with Crippen molar-refractivity contribution < 1.29 is 14.7 Å². The van der Waals surface area contributed by atoms with Crippen molar-refractivity contribution in [2.75, 3.05) is 25.1 Å². The number of carbonyl (C=O) groups is 2. The van der Waals surface area contributed by atoms with Crippen LogP contribution in [0.15, 0.2) is 0 Å². The minimum atomic E-state index is -0.930. The van der Waals surface area contributed by atoms with Gasteiger partial charge in [0.1, 0.15) is 6.54 Å². The average molecular weight is 217 g/mol. The van der Waals surface area contributed by atoms with Crippen LogP contribution >= 0.6 is 11.8 Å². The van der Waals surface area contributed by atoms with Gasteiger partial charge in [-0.2, -0.15) is 11.8 Å². The zero-order valence-corrected chi connectivity index (χ0v) is 9.05. The molecule has 1 amide bonds. The number of hydrogen-bond acceptors (Lipinski definition) is 3. The van der Waals surface area contributed by atoms with Gasteiger partial charge in [0.05, 0.1) is 5.75 Å². The molecule has 1 saturated carbocycles. The zero-order chi connectivity index (χ0) is 10.6. The van der Waals surface area contributed by atoms with E-state index >= 15 is 0 Å². The van der Waals surface area contributed by atoms with Gasteiger partial charge in [-0.1, -0.05) is 0 Å². The molecule has 0 radical (unpaired) electrons. The molecule has 0 heterocycles. The van der Waals surface area contributed by atoms with E-state index in [1.165, 1.54) is 16.7 Å². The molecule has 1 N–H and O–H groups in total. The van der Waals surface area contributed by atoms with E-state index in [4.69, 9.17) is 5.11 Å². The minimum absolute atomic E-state index is 0.0631. The Bertz CT molecular complexity index is 228. The maximum absolute atomic E-state index is 11.5. The molecule has 1 aliphatic carbocycles. The van der Waals surface area contributed by atoms with E-state index < -0.39 is 5.97 Å². The summed E-state index contributed by atoms with van der Waals surface area (Å²) in [7, 11) is 0. The number of carboxylic acids is 1. The first-order valence-electron chi connectivity index (χ1n) is 4.62. The first-order valence-corrected chi connectivity index (χ1v) is 6.01. The molecule has 0 aromatic rings. The summed E-state index contributed by atoms with van der Waals surface area (Å²) in [5, 5.41) is 8.63. The molecule has 0 aliphatic heterocycles. The van der Waals surface area contributed by atoms with Crippen LogP contribution in [0.4, 0.5) is 0 Å². The first-order chi connectivity index (χ1) is 6.63. The molecular weight excluding hydrogens is 202 g/mol. The molecule has 0 unspecified atom stereocenters. The smallest absolute Gasteiger partial charge is 0.323 e. The standard InChI is InChI=1S/C9H15NO3S/c1-14-6-8(11)10(5-9(12)13)4-7-2-3-7/h7H,2-6H2,1H3,(H,12,13). The fourth-order valence-corrected chi connectivity index (χ4v) is 1.67. The largest absolute Gasteiger partial charge is 0.480 e. The maximum atomic E-state index is 11.5. The number of amides is 1. The Labute approximate surface area is 87.7 Å². The van der Waals surface area contributed by atoms with E-state index in [0.717, 1.165) is 12.8 Å². The van der Waals surface area contributed by atoms with Crippen molar-refractivity contribution >= 4 is 23.6 Å². The van der Waals surface area contributed by atoms with Gasteiger partial charge in [0.2, 0.25) is 5.91 Å². The highest BCUT2D eigenvalue weighted by Gasteiger charge is 2.27. The van der Waals surface area contributed by atoms with Crippen molar-refractivity contribution in [2.24, 2.45) is 5.92 Å². The molecule has 5 heteroatoms. The fraction of sp³-hybridized carbons (Fsp3) is 0.778. The molecule has 0 spiro atoms. The summed E-state index contributed by atoms with van der Waals surface area (Å²) in [5.74, 6) is -0.0768. The van der Waals surface area contributed by atoms with Crippen molar-refractivity contribution in [1.82, 2.24) is 4.90 Å². The molecule has 4 nitrogen and oxygen atoms in total. The summed E-state index contributed by atoms with van der Waals surface area (Å²) < 4.78 is 0. The van der Waals surface area contributed by atoms with Gasteiger partial charge < -0.3 is 10.0 Å². The molecule has 0 aromatic heterocycles. The lowest BCUT2D eigenvalue weighted by molar-refractivity contribution is -0.143. The average Bonchev–Trinajstić information content (AvgIpc) is 2.86. The highest BCUT2D eigenvalue weighted by Crippen LogP contribution is 2.29. The topological polar surface area (TPSA) is 57.6 Å². The van der Waals surface area contributed by atoms with E-state index in [1.807, 2.05) is 6.26 Å². The number of nitrogens with zero attached hydrogens (tertiary/aromatic N) is 1. The maximum Gasteiger partial charge on any atom is 0.323 e. The third-order valence-corrected chi connectivity index (χ3v) is 2.66. The predicted octanol–water partition coefficient (Wildman–Crippen LogP) is 0.673. The van der Waals surface area contributed by atoms with E-state index in [1.54, 1.807) is 0 Å². The second kappa shape index (κ2) is 5.24. The Morgan fingerprint density at radius 3 is 2.57 bits per heavy atom. The summed E-state index contributed by atoms with van der Waals surface area (Å²) in [5.41, 5.74) is 0. The summed E-state index contributed by atoms with van der Waals surface area (Å²) in [6.45, 7) is 0.460. The Kier molecular flexibility index (Phi) is 4.25. The molecular formula is C9H15NO3S. The molecule has 0 saturated heterocycles. The van der Waals surface area contributed by atoms with Crippen LogP contribution in [0.5, 0.6) is 0 Å². The van der Waals surface area contributed by atoms with Gasteiger partial charge in [-0.25, -0.2) is 0 Å². The van der Waals surface area contributed by atoms with Gasteiger partial charge in [-0.3, -0.25) is 9.59 Å². The van der Waals surface area contributed by atoms with Crippen molar-refractivity contribution in [3.63, 3.8) is 0 Å². The summed E-state index contributed by atoms with van der Waals surface area (Å²) >= 11 is 1.43. The second-order valence-electron chi connectivity index (χ2n) is 3.54. The molecule has 80 valence electrons. The van der Waals surface area contributed by atoms with Crippen molar-refractivity contribution in [3.8, 4) is 0 Å². The Morgan fingerprint density at radius 1 is 1.50 bits per heavy atom. The van der Waals surface area contributed by atoms with Crippen LogP contribution in [-0.4, -0.2) is 47.0 Å². The van der Waals surface area contributed by atoms with Crippen LogP contribution in [0.2, 0.25) is 0 Å². The number of hydrogen-bond donors (Lipinski definition) is 1. The minimum Gasteiger partial charge on any atom is -0.480 e. The third-order valence-electron chi connectivity index (χ3n) is 2.12. The number of rotatable bonds is 6. The van der Waals surface area contributed by atoms with Crippen molar-refractivity contribution in [1.29, 1.82) is 0 Å². The molecule has 0 bridgehead atoms. The number of carbonyl (C=O) groups excluding carboxylic acids is 1. The van der Waals surface area contributed by atoms with Gasteiger partial charge >= 0.3 is 5.97 Å². The van der Waals surface area contributed by atoms with E-state index in [2.05, 4.69) is 0 Å². The monoisotopic (exact) mass is 217 g/mol.